The van der Waals surface area contributed by atoms with Crippen LogP contribution in [0.25, 0.3) is 0 Å². The first kappa shape index (κ1) is 14.6. The maximum atomic E-state index is 11.4. The largest absolute Gasteiger partial charge is 0.370 e. The summed E-state index contributed by atoms with van der Waals surface area (Å²) in [6.45, 7) is 5.04. The third-order valence-corrected chi connectivity index (χ3v) is 3.92. The van der Waals surface area contributed by atoms with Crippen molar-refractivity contribution in [1.82, 2.24) is 24.7 Å². The van der Waals surface area contributed by atoms with Crippen molar-refractivity contribution in [2.75, 3.05) is 11.9 Å². The van der Waals surface area contributed by atoms with Crippen LogP contribution in [-0.2, 0) is 13.5 Å². The number of anilines is 1. The molecule has 8 heteroatoms. The van der Waals surface area contributed by atoms with E-state index in [2.05, 4.69) is 39.3 Å². The fourth-order valence-electron chi connectivity index (χ4n) is 1.71. The van der Waals surface area contributed by atoms with Gasteiger partial charge in [0, 0.05) is 19.2 Å². The first-order valence-electron chi connectivity index (χ1n) is 6.54. The predicted molar refractivity (Wildman–Crippen MR) is 78.1 cm³/mol. The molecule has 0 unspecified atom stereocenters. The van der Waals surface area contributed by atoms with Crippen molar-refractivity contribution >= 4 is 17.6 Å². The Balaban J connectivity index is 2.31. The fourth-order valence-corrected chi connectivity index (χ4v) is 2.66. The third kappa shape index (κ3) is 3.01. The minimum atomic E-state index is -0.232. The van der Waals surface area contributed by atoms with Crippen molar-refractivity contribution < 1.29 is 0 Å². The molecule has 108 valence electrons. The Labute approximate surface area is 121 Å². The Morgan fingerprint density at radius 3 is 2.80 bits per heavy atom. The molecule has 2 aromatic heterocycles. The summed E-state index contributed by atoms with van der Waals surface area (Å²) in [5.41, 5.74) is 0.810. The van der Waals surface area contributed by atoms with Crippen LogP contribution in [0.15, 0.2) is 21.3 Å². The van der Waals surface area contributed by atoms with Gasteiger partial charge in [-0.2, -0.15) is 0 Å². The smallest absolute Gasteiger partial charge is 0.343 e. The zero-order valence-electron chi connectivity index (χ0n) is 11.8. The van der Waals surface area contributed by atoms with E-state index in [0.717, 1.165) is 35.8 Å². The van der Waals surface area contributed by atoms with Crippen LogP contribution < -0.4 is 11.0 Å². The minimum absolute atomic E-state index is 0.232. The van der Waals surface area contributed by atoms with Gasteiger partial charge in [0.15, 0.2) is 5.16 Å². The van der Waals surface area contributed by atoms with Crippen molar-refractivity contribution in [3.63, 3.8) is 0 Å². The molecule has 2 heterocycles. The second kappa shape index (κ2) is 6.56. The minimum Gasteiger partial charge on any atom is -0.370 e. The Kier molecular flexibility index (Phi) is 4.78. The van der Waals surface area contributed by atoms with Crippen LogP contribution >= 0.6 is 11.8 Å². The molecule has 2 N–H and O–H groups in total. The zero-order chi connectivity index (χ0) is 14.5. The quantitative estimate of drug-likeness (QED) is 0.784. The maximum absolute atomic E-state index is 11.4. The molecular weight excluding hydrogens is 276 g/mol. The summed E-state index contributed by atoms with van der Waals surface area (Å²) < 4.78 is 1.46. The Hall–Kier alpha value is -1.83. The summed E-state index contributed by atoms with van der Waals surface area (Å²) in [4.78, 5) is 20.0. The average molecular weight is 294 g/mol. The van der Waals surface area contributed by atoms with Gasteiger partial charge in [-0.3, -0.25) is 4.57 Å². The lowest BCUT2D eigenvalue weighted by atomic mass is 10.2. The fraction of sp³-hybridized carbons (Fsp3) is 0.500. The molecule has 0 aliphatic heterocycles. The Morgan fingerprint density at radius 1 is 1.40 bits per heavy atom. The second-order valence-electron chi connectivity index (χ2n) is 4.26. The van der Waals surface area contributed by atoms with E-state index < -0.39 is 0 Å². The van der Waals surface area contributed by atoms with Crippen molar-refractivity contribution in [1.29, 1.82) is 0 Å². The number of nitrogens with zero attached hydrogens (tertiary/aromatic N) is 4. The highest BCUT2D eigenvalue weighted by Gasteiger charge is 2.14. The summed E-state index contributed by atoms with van der Waals surface area (Å²) in [6.07, 6.45) is 3.38. The zero-order valence-corrected chi connectivity index (χ0v) is 12.6. The van der Waals surface area contributed by atoms with Gasteiger partial charge < -0.3 is 5.32 Å². The Morgan fingerprint density at radius 2 is 2.20 bits per heavy atom. The summed E-state index contributed by atoms with van der Waals surface area (Å²) in [5, 5.41) is 11.1. The molecule has 0 spiro atoms. The van der Waals surface area contributed by atoms with E-state index in [1.807, 2.05) is 0 Å². The average Bonchev–Trinajstić information content (AvgIpc) is 2.77. The van der Waals surface area contributed by atoms with E-state index in [1.54, 1.807) is 7.05 Å². The van der Waals surface area contributed by atoms with Gasteiger partial charge in [0.05, 0.1) is 0 Å². The molecule has 20 heavy (non-hydrogen) atoms. The first-order chi connectivity index (χ1) is 9.67. The molecule has 2 aromatic rings. The van der Waals surface area contributed by atoms with E-state index in [0.29, 0.717) is 5.16 Å². The number of nitrogens with one attached hydrogen (secondary N) is 2. The van der Waals surface area contributed by atoms with E-state index in [9.17, 15) is 4.79 Å². The lowest BCUT2D eigenvalue weighted by Gasteiger charge is -2.11. The molecule has 0 aliphatic rings. The highest BCUT2D eigenvalue weighted by Crippen LogP contribution is 2.29. The van der Waals surface area contributed by atoms with E-state index in [4.69, 9.17) is 0 Å². The molecule has 0 saturated heterocycles. The van der Waals surface area contributed by atoms with Crippen molar-refractivity contribution in [2.24, 2.45) is 7.05 Å². The van der Waals surface area contributed by atoms with E-state index in [1.165, 1.54) is 22.7 Å². The number of aromatic nitrogens is 5. The van der Waals surface area contributed by atoms with Gasteiger partial charge in [0.1, 0.15) is 17.2 Å². The number of H-pyrrole nitrogens is 1. The van der Waals surface area contributed by atoms with Crippen molar-refractivity contribution in [2.45, 2.75) is 36.9 Å². The Bertz CT molecular complexity index is 635. The number of hydrogen-bond acceptors (Lipinski definition) is 6. The molecular formula is C12H18N6OS. The number of hydrogen-bond donors (Lipinski definition) is 2. The molecule has 0 radical (unpaired) electrons. The summed E-state index contributed by atoms with van der Waals surface area (Å²) >= 11 is 1.36. The van der Waals surface area contributed by atoms with Gasteiger partial charge in [0.2, 0.25) is 0 Å². The van der Waals surface area contributed by atoms with Crippen molar-refractivity contribution in [3.05, 3.63) is 22.4 Å². The highest BCUT2D eigenvalue weighted by molar-refractivity contribution is 7.99. The monoisotopic (exact) mass is 294 g/mol. The normalized spacial score (nSPS) is 10.8. The van der Waals surface area contributed by atoms with Crippen molar-refractivity contribution in [3.8, 4) is 0 Å². The molecule has 0 fully saturated rings. The molecule has 0 aromatic carbocycles. The lowest BCUT2D eigenvalue weighted by molar-refractivity contribution is 0.763. The molecule has 0 bridgehead atoms. The van der Waals surface area contributed by atoms with Gasteiger partial charge in [-0.05, 0) is 24.6 Å². The highest BCUT2D eigenvalue weighted by atomic mass is 32.2. The van der Waals surface area contributed by atoms with Crippen LogP contribution in [-0.4, -0.2) is 31.3 Å². The summed E-state index contributed by atoms with van der Waals surface area (Å²) in [6, 6.07) is 0. The molecule has 2 rings (SSSR count). The van der Waals surface area contributed by atoms with Crippen LogP contribution in [0.5, 0.6) is 0 Å². The standard InChI is InChI=1S/C12H18N6OS/c1-4-6-13-9-8(5-2)10(15-7-14-9)20-12-17-16-11(19)18(12)3/h7H,4-6H2,1-3H3,(H,16,19)(H,13,14,15). The van der Waals surface area contributed by atoms with Crippen LogP contribution in [0.3, 0.4) is 0 Å². The summed E-state index contributed by atoms with van der Waals surface area (Å²) in [7, 11) is 1.68. The van der Waals surface area contributed by atoms with Crippen LogP contribution in [0.4, 0.5) is 5.82 Å². The molecule has 0 amide bonds. The molecule has 0 saturated carbocycles. The maximum Gasteiger partial charge on any atom is 0.343 e. The third-order valence-electron chi connectivity index (χ3n) is 2.83. The van der Waals surface area contributed by atoms with Gasteiger partial charge in [-0.15, -0.1) is 5.10 Å². The second-order valence-corrected chi connectivity index (χ2v) is 5.21. The first-order valence-corrected chi connectivity index (χ1v) is 7.36. The molecule has 0 aliphatic carbocycles. The van der Waals surface area contributed by atoms with Gasteiger partial charge >= 0.3 is 5.69 Å². The van der Waals surface area contributed by atoms with Gasteiger partial charge in [-0.25, -0.2) is 19.9 Å². The number of aromatic amines is 1. The van der Waals surface area contributed by atoms with Crippen LogP contribution in [0, 0.1) is 0 Å². The SMILES string of the molecule is CCCNc1ncnc(Sc2n[nH]c(=O)n2C)c1CC. The predicted octanol–water partition coefficient (Wildman–Crippen LogP) is 1.43. The van der Waals surface area contributed by atoms with Gasteiger partial charge in [-0.1, -0.05) is 13.8 Å². The van der Waals surface area contributed by atoms with Crippen LogP contribution in [0.1, 0.15) is 25.8 Å². The summed E-state index contributed by atoms with van der Waals surface area (Å²) in [5.74, 6) is 0.854. The van der Waals surface area contributed by atoms with Gasteiger partial charge in [0.25, 0.3) is 0 Å². The van der Waals surface area contributed by atoms with E-state index >= 15 is 0 Å². The molecule has 7 nitrogen and oxygen atoms in total. The topological polar surface area (TPSA) is 88.5 Å². The number of rotatable bonds is 6. The van der Waals surface area contributed by atoms with Crippen LogP contribution in [0.2, 0.25) is 0 Å². The lowest BCUT2D eigenvalue weighted by Crippen LogP contribution is -2.13. The molecule has 0 atom stereocenters. The van der Waals surface area contributed by atoms with E-state index in [-0.39, 0.29) is 5.69 Å².